The number of carbonyl (C=O) groups excluding carboxylic acids is 1. The van der Waals surface area contributed by atoms with Crippen molar-refractivity contribution >= 4 is 11.6 Å². The maximum Gasteiger partial charge on any atom is 0.242 e. The minimum absolute atomic E-state index is 0.0767. The largest absolute Gasteiger partial charge is 0.508 e. The van der Waals surface area contributed by atoms with Crippen LogP contribution in [-0.2, 0) is 17.8 Å². The average molecular weight is 282 g/mol. The van der Waals surface area contributed by atoms with Gasteiger partial charge >= 0.3 is 0 Å². The molecule has 108 valence electrons. The highest BCUT2D eigenvalue weighted by Crippen LogP contribution is 2.23. The third kappa shape index (κ3) is 3.16. The SMILES string of the molecule is O=C(CNc1ccccc1)N1CCc2ccc(O)cc2C1. The second-order valence-corrected chi connectivity index (χ2v) is 5.24. The van der Waals surface area contributed by atoms with E-state index < -0.39 is 0 Å². The fourth-order valence-corrected chi connectivity index (χ4v) is 2.60. The Morgan fingerprint density at radius 2 is 1.95 bits per heavy atom. The first kappa shape index (κ1) is 13.5. The number of amides is 1. The van der Waals surface area contributed by atoms with Gasteiger partial charge < -0.3 is 15.3 Å². The van der Waals surface area contributed by atoms with Gasteiger partial charge in [0.05, 0.1) is 6.54 Å². The number of rotatable bonds is 3. The van der Waals surface area contributed by atoms with Crippen molar-refractivity contribution in [3.8, 4) is 5.75 Å². The van der Waals surface area contributed by atoms with Crippen molar-refractivity contribution in [2.24, 2.45) is 0 Å². The average Bonchev–Trinajstić information content (AvgIpc) is 2.53. The van der Waals surface area contributed by atoms with Crippen LogP contribution in [0.3, 0.4) is 0 Å². The van der Waals surface area contributed by atoms with E-state index in [-0.39, 0.29) is 18.2 Å². The summed E-state index contributed by atoms with van der Waals surface area (Å²) in [5, 5.41) is 12.7. The zero-order chi connectivity index (χ0) is 14.7. The predicted molar refractivity (Wildman–Crippen MR) is 82.2 cm³/mol. The summed E-state index contributed by atoms with van der Waals surface area (Å²) in [6.45, 7) is 1.59. The number of nitrogens with one attached hydrogen (secondary N) is 1. The molecule has 1 aliphatic heterocycles. The van der Waals surface area contributed by atoms with Crippen molar-refractivity contribution < 1.29 is 9.90 Å². The summed E-state index contributed by atoms with van der Waals surface area (Å²) in [4.78, 5) is 14.1. The number of fused-ring (bicyclic) bond motifs is 1. The summed E-state index contributed by atoms with van der Waals surface area (Å²) in [5.74, 6) is 0.332. The van der Waals surface area contributed by atoms with Gasteiger partial charge in [0, 0.05) is 18.8 Å². The van der Waals surface area contributed by atoms with Crippen LogP contribution in [0.15, 0.2) is 48.5 Å². The Balaban J connectivity index is 1.61. The molecule has 0 saturated carbocycles. The first-order valence-corrected chi connectivity index (χ1v) is 7.10. The fraction of sp³-hybridized carbons (Fsp3) is 0.235. The first-order chi connectivity index (χ1) is 10.2. The molecule has 2 N–H and O–H groups in total. The topological polar surface area (TPSA) is 52.6 Å². The van der Waals surface area contributed by atoms with E-state index in [4.69, 9.17) is 0 Å². The summed E-state index contributed by atoms with van der Waals surface area (Å²) < 4.78 is 0. The number of hydrogen-bond acceptors (Lipinski definition) is 3. The third-order valence-corrected chi connectivity index (χ3v) is 3.77. The highest BCUT2D eigenvalue weighted by molar-refractivity contribution is 5.81. The molecule has 0 aliphatic carbocycles. The molecule has 0 saturated heterocycles. The molecule has 0 radical (unpaired) electrons. The smallest absolute Gasteiger partial charge is 0.242 e. The highest BCUT2D eigenvalue weighted by Gasteiger charge is 2.20. The van der Waals surface area contributed by atoms with Gasteiger partial charge in [-0.15, -0.1) is 0 Å². The highest BCUT2D eigenvalue weighted by atomic mass is 16.3. The van der Waals surface area contributed by atoms with Crippen molar-refractivity contribution in [1.82, 2.24) is 4.90 Å². The Bertz CT molecular complexity index is 640. The quantitative estimate of drug-likeness (QED) is 0.909. The van der Waals surface area contributed by atoms with Crippen LogP contribution in [0.4, 0.5) is 5.69 Å². The van der Waals surface area contributed by atoms with Crippen LogP contribution in [0, 0.1) is 0 Å². The summed E-state index contributed by atoms with van der Waals surface area (Å²) in [6.07, 6.45) is 0.840. The molecular formula is C17H18N2O2. The van der Waals surface area contributed by atoms with Crippen molar-refractivity contribution in [1.29, 1.82) is 0 Å². The van der Waals surface area contributed by atoms with Gasteiger partial charge in [-0.1, -0.05) is 24.3 Å². The van der Waals surface area contributed by atoms with Crippen molar-refractivity contribution in [2.45, 2.75) is 13.0 Å². The van der Waals surface area contributed by atoms with Crippen LogP contribution in [0.25, 0.3) is 0 Å². The standard InChI is InChI=1S/C17H18N2O2/c20-16-7-6-13-8-9-19(12-14(13)10-16)17(21)11-18-15-4-2-1-3-5-15/h1-7,10,18,20H,8-9,11-12H2. The zero-order valence-electron chi connectivity index (χ0n) is 11.7. The second kappa shape index (κ2) is 5.87. The second-order valence-electron chi connectivity index (χ2n) is 5.24. The lowest BCUT2D eigenvalue weighted by Crippen LogP contribution is -2.39. The Hall–Kier alpha value is -2.49. The van der Waals surface area contributed by atoms with Crippen molar-refractivity contribution in [3.05, 3.63) is 59.7 Å². The zero-order valence-corrected chi connectivity index (χ0v) is 11.7. The minimum Gasteiger partial charge on any atom is -0.508 e. The van der Waals surface area contributed by atoms with Gasteiger partial charge in [0.2, 0.25) is 5.91 Å². The maximum absolute atomic E-state index is 12.3. The number of phenolic OH excluding ortho intramolecular Hbond substituents is 1. The summed E-state index contributed by atoms with van der Waals surface area (Å²) in [5.41, 5.74) is 3.20. The molecule has 0 fully saturated rings. The molecule has 21 heavy (non-hydrogen) atoms. The number of aromatic hydroxyl groups is 1. The van der Waals surface area contributed by atoms with Crippen LogP contribution < -0.4 is 5.32 Å². The number of phenols is 1. The summed E-state index contributed by atoms with van der Waals surface area (Å²) in [6, 6.07) is 15.1. The number of para-hydroxylation sites is 1. The lowest BCUT2D eigenvalue weighted by Gasteiger charge is -2.29. The Morgan fingerprint density at radius 1 is 1.14 bits per heavy atom. The van der Waals surface area contributed by atoms with Gasteiger partial charge in [-0.3, -0.25) is 4.79 Å². The van der Waals surface area contributed by atoms with E-state index in [0.29, 0.717) is 6.54 Å². The lowest BCUT2D eigenvalue weighted by atomic mass is 9.99. The molecule has 1 aliphatic rings. The molecule has 0 aromatic heterocycles. The minimum atomic E-state index is 0.0767. The van der Waals surface area contributed by atoms with Gasteiger partial charge in [0.25, 0.3) is 0 Å². The molecular weight excluding hydrogens is 264 g/mol. The molecule has 0 bridgehead atoms. The summed E-state index contributed by atoms with van der Waals surface area (Å²) in [7, 11) is 0. The molecule has 2 aromatic rings. The van der Waals surface area contributed by atoms with Gasteiger partial charge in [-0.2, -0.15) is 0 Å². The van der Waals surface area contributed by atoms with E-state index in [1.54, 1.807) is 12.1 Å². The fourth-order valence-electron chi connectivity index (χ4n) is 2.60. The maximum atomic E-state index is 12.3. The predicted octanol–water partition coefficient (Wildman–Crippen LogP) is 2.39. The first-order valence-electron chi connectivity index (χ1n) is 7.10. The third-order valence-electron chi connectivity index (χ3n) is 3.77. The van der Waals surface area contributed by atoms with Crippen LogP contribution >= 0.6 is 0 Å². The van der Waals surface area contributed by atoms with E-state index in [0.717, 1.165) is 24.2 Å². The van der Waals surface area contributed by atoms with E-state index in [9.17, 15) is 9.90 Å². The molecule has 0 unspecified atom stereocenters. The molecule has 0 atom stereocenters. The van der Waals surface area contributed by atoms with E-state index in [1.807, 2.05) is 41.3 Å². The molecule has 1 amide bonds. The number of anilines is 1. The van der Waals surface area contributed by atoms with Crippen LogP contribution in [-0.4, -0.2) is 29.0 Å². The molecule has 3 rings (SSSR count). The normalized spacial score (nSPS) is 13.6. The van der Waals surface area contributed by atoms with Crippen LogP contribution in [0.2, 0.25) is 0 Å². The van der Waals surface area contributed by atoms with Gasteiger partial charge in [0.1, 0.15) is 5.75 Å². The Labute approximate surface area is 124 Å². The summed E-state index contributed by atoms with van der Waals surface area (Å²) >= 11 is 0. The molecule has 4 heteroatoms. The molecule has 0 spiro atoms. The van der Waals surface area contributed by atoms with Gasteiger partial charge in [0.15, 0.2) is 0 Å². The van der Waals surface area contributed by atoms with Gasteiger partial charge in [-0.25, -0.2) is 0 Å². The van der Waals surface area contributed by atoms with Crippen LogP contribution in [0.5, 0.6) is 5.75 Å². The van der Waals surface area contributed by atoms with E-state index in [2.05, 4.69) is 5.32 Å². The molecule has 2 aromatic carbocycles. The molecule has 4 nitrogen and oxygen atoms in total. The number of benzene rings is 2. The van der Waals surface area contributed by atoms with E-state index >= 15 is 0 Å². The lowest BCUT2D eigenvalue weighted by molar-refractivity contribution is -0.130. The van der Waals surface area contributed by atoms with Crippen molar-refractivity contribution in [2.75, 3.05) is 18.4 Å². The van der Waals surface area contributed by atoms with Crippen LogP contribution in [0.1, 0.15) is 11.1 Å². The Morgan fingerprint density at radius 3 is 2.76 bits per heavy atom. The Kier molecular flexibility index (Phi) is 3.77. The molecule has 1 heterocycles. The van der Waals surface area contributed by atoms with Crippen molar-refractivity contribution in [3.63, 3.8) is 0 Å². The van der Waals surface area contributed by atoms with E-state index in [1.165, 1.54) is 5.56 Å². The number of nitrogens with zero attached hydrogens (tertiary/aromatic N) is 1. The van der Waals surface area contributed by atoms with Gasteiger partial charge in [-0.05, 0) is 41.8 Å². The monoisotopic (exact) mass is 282 g/mol. The number of carbonyl (C=O) groups is 1. The number of hydrogen-bond donors (Lipinski definition) is 2.